The van der Waals surface area contributed by atoms with Crippen molar-refractivity contribution in [1.29, 1.82) is 0 Å². The summed E-state index contributed by atoms with van der Waals surface area (Å²) >= 11 is 0. The van der Waals surface area contributed by atoms with Gasteiger partial charge in [0.05, 0.1) is 0 Å². The third-order valence-corrected chi connectivity index (χ3v) is 1.48. The number of amidine groups is 1. The Labute approximate surface area is 65.9 Å². The highest BCUT2D eigenvalue weighted by Crippen LogP contribution is 2.10. The van der Waals surface area contributed by atoms with E-state index in [0.29, 0.717) is 12.4 Å². The molecule has 62 valence electrons. The molecule has 1 unspecified atom stereocenters. The molecule has 4 heteroatoms. The normalized spacial score (nSPS) is 23.0. The van der Waals surface area contributed by atoms with E-state index in [9.17, 15) is 4.79 Å². The Morgan fingerprint density at radius 1 is 1.64 bits per heavy atom. The number of ether oxygens (including phenoxy) is 1. The van der Waals surface area contributed by atoms with Crippen molar-refractivity contribution >= 4 is 11.9 Å². The molecule has 1 heterocycles. The molecule has 0 aromatic carbocycles. The van der Waals surface area contributed by atoms with E-state index in [1.165, 1.54) is 0 Å². The lowest BCUT2D eigenvalue weighted by Crippen LogP contribution is -2.24. The smallest absolute Gasteiger partial charge is 0.295 e. The fourth-order valence-corrected chi connectivity index (χ4v) is 0.834. The highest BCUT2D eigenvalue weighted by atomic mass is 16.5. The summed E-state index contributed by atoms with van der Waals surface area (Å²) in [6, 6.07) is 0.418. The highest BCUT2D eigenvalue weighted by molar-refractivity contribution is 5.98. The molecule has 0 spiro atoms. The van der Waals surface area contributed by atoms with Gasteiger partial charge in [0.1, 0.15) is 0 Å². The number of carbonyl (C=O) groups is 1. The summed E-state index contributed by atoms with van der Waals surface area (Å²) in [5, 5.41) is 0. The van der Waals surface area contributed by atoms with E-state index in [0.717, 1.165) is 0 Å². The van der Waals surface area contributed by atoms with Crippen LogP contribution in [0.1, 0.15) is 13.3 Å². The Morgan fingerprint density at radius 2 is 2.27 bits per heavy atom. The molecule has 1 rings (SSSR count). The number of nitrogens with zero attached hydrogens (tertiary/aromatic N) is 2. The van der Waals surface area contributed by atoms with Gasteiger partial charge in [-0.1, -0.05) is 6.92 Å². The highest BCUT2D eigenvalue weighted by Gasteiger charge is 2.27. The molecule has 0 aliphatic carbocycles. The van der Waals surface area contributed by atoms with E-state index in [1.54, 1.807) is 19.0 Å². The van der Waals surface area contributed by atoms with E-state index in [4.69, 9.17) is 4.74 Å². The number of rotatable bonds is 1. The summed E-state index contributed by atoms with van der Waals surface area (Å²) in [5.41, 5.74) is 0. The number of aliphatic imine (C=N–C) groups is 1. The van der Waals surface area contributed by atoms with Crippen LogP contribution in [0, 0.1) is 0 Å². The summed E-state index contributed by atoms with van der Waals surface area (Å²) in [5.74, 6) is -0.170. The molecule has 1 aliphatic heterocycles. The third-order valence-electron chi connectivity index (χ3n) is 1.48. The summed E-state index contributed by atoms with van der Waals surface area (Å²) in [6.45, 7) is 1.90. The lowest BCUT2D eigenvalue weighted by atomic mass is 10.3. The molecule has 0 aromatic heterocycles. The summed E-state index contributed by atoms with van der Waals surface area (Å²) < 4.78 is 5.21. The van der Waals surface area contributed by atoms with Gasteiger partial charge in [0.25, 0.3) is 11.9 Å². The maximum Gasteiger partial charge on any atom is 0.295 e. The van der Waals surface area contributed by atoms with Gasteiger partial charge in [-0.25, -0.2) is 0 Å². The van der Waals surface area contributed by atoms with Crippen molar-refractivity contribution in [2.45, 2.75) is 19.4 Å². The third kappa shape index (κ3) is 1.50. The van der Waals surface area contributed by atoms with Gasteiger partial charge in [-0.2, -0.15) is 4.99 Å². The van der Waals surface area contributed by atoms with Crippen LogP contribution in [-0.2, 0) is 9.53 Å². The van der Waals surface area contributed by atoms with E-state index in [-0.39, 0.29) is 12.0 Å². The molecule has 11 heavy (non-hydrogen) atoms. The van der Waals surface area contributed by atoms with Crippen molar-refractivity contribution in [3.05, 3.63) is 0 Å². The minimum atomic E-state index is -0.354. The summed E-state index contributed by atoms with van der Waals surface area (Å²) in [6.07, 6.45) is 0.326. The average molecular weight is 156 g/mol. The number of hydrogen-bond donors (Lipinski definition) is 0. The second-order valence-electron chi connectivity index (χ2n) is 2.64. The molecule has 0 aromatic rings. The molecule has 1 aliphatic rings. The molecule has 1 amide bonds. The van der Waals surface area contributed by atoms with Crippen molar-refractivity contribution < 1.29 is 9.53 Å². The lowest BCUT2D eigenvalue weighted by molar-refractivity contribution is -0.122. The van der Waals surface area contributed by atoms with E-state index in [1.807, 2.05) is 6.92 Å². The molecule has 0 saturated carbocycles. The van der Waals surface area contributed by atoms with Gasteiger partial charge in [-0.05, 0) is 6.42 Å². The van der Waals surface area contributed by atoms with Crippen molar-refractivity contribution in [3.63, 3.8) is 0 Å². The predicted octanol–water partition coefficient (Wildman–Crippen LogP) is 0.239. The summed E-state index contributed by atoms with van der Waals surface area (Å²) in [4.78, 5) is 16.4. The van der Waals surface area contributed by atoms with Gasteiger partial charge in [0, 0.05) is 14.1 Å². The first-order chi connectivity index (χ1) is 5.15. The first kappa shape index (κ1) is 8.04. The maximum absolute atomic E-state index is 11.0. The number of carbonyl (C=O) groups excluding carboxylic acids is 1. The fourth-order valence-electron chi connectivity index (χ4n) is 0.834. The Hall–Kier alpha value is -1.06. The maximum atomic E-state index is 11.0. The Balaban J connectivity index is 2.63. The molecule has 0 fully saturated rings. The van der Waals surface area contributed by atoms with Gasteiger partial charge in [0.2, 0.25) is 0 Å². The van der Waals surface area contributed by atoms with Crippen molar-refractivity contribution in [1.82, 2.24) is 4.90 Å². The topological polar surface area (TPSA) is 41.9 Å². The molecular formula is C7H12N2O2. The van der Waals surface area contributed by atoms with Crippen LogP contribution in [0.3, 0.4) is 0 Å². The van der Waals surface area contributed by atoms with Crippen LogP contribution in [0.2, 0.25) is 0 Å². The van der Waals surface area contributed by atoms with Crippen LogP contribution < -0.4 is 0 Å². The Kier molecular flexibility index (Phi) is 2.12. The van der Waals surface area contributed by atoms with Gasteiger partial charge < -0.3 is 9.64 Å². The summed E-state index contributed by atoms with van der Waals surface area (Å²) in [7, 11) is 3.59. The van der Waals surface area contributed by atoms with Crippen LogP contribution in [0.4, 0.5) is 0 Å². The average Bonchev–Trinajstić information content (AvgIpc) is 2.31. The second kappa shape index (κ2) is 2.90. The molecule has 0 N–H and O–H groups in total. The first-order valence-electron chi connectivity index (χ1n) is 3.61. The number of hydrogen-bond acceptors (Lipinski definition) is 3. The Morgan fingerprint density at radius 3 is 2.55 bits per heavy atom. The van der Waals surface area contributed by atoms with Crippen LogP contribution in [0.15, 0.2) is 4.99 Å². The Bertz CT molecular complexity index is 199. The zero-order valence-electron chi connectivity index (χ0n) is 7.00. The quantitative estimate of drug-likeness (QED) is 0.546. The first-order valence-corrected chi connectivity index (χ1v) is 3.61. The van der Waals surface area contributed by atoms with Crippen LogP contribution in [-0.4, -0.2) is 37.0 Å². The monoisotopic (exact) mass is 156 g/mol. The van der Waals surface area contributed by atoms with Crippen LogP contribution in [0.5, 0.6) is 0 Å². The van der Waals surface area contributed by atoms with E-state index < -0.39 is 0 Å². The minimum absolute atomic E-state index is 0.170. The van der Waals surface area contributed by atoms with Crippen molar-refractivity contribution in [2.75, 3.05) is 14.1 Å². The molecule has 0 radical (unpaired) electrons. The zero-order valence-corrected chi connectivity index (χ0v) is 7.00. The minimum Gasteiger partial charge on any atom is -0.451 e. The lowest BCUT2D eigenvalue weighted by Gasteiger charge is -2.12. The molecule has 4 nitrogen and oxygen atoms in total. The predicted molar refractivity (Wildman–Crippen MR) is 41.3 cm³/mol. The van der Waals surface area contributed by atoms with Gasteiger partial charge in [0.15, 0.2) is 6.10 Å². The largest absolute Gasteiger partial charge is 0.451 e. The molecule has 0 bridgehead atoms. The number of amides is 1. The van der Waals surface area contributed by atoms with Gasteiger partial charge >= 0.3 is 0 Å². The molecule has 1 atom stereocenters. The molecule has 0 saturated heterocycles. The van der Waals surface area contributed by atoms with Crippen LogP contribution in [0.25, 0.3) is 0 Å². The zero-order chi connectivity index (χ0) is 8.43. The van der Waals surface area contributed by atoms with Crippen molar-refractivity contribution in [3.8, 4) is 0 Å². The van der Waals surface area contributed by atoms with E-state index >= 15 is 0 Å². The molecular weight excluding hydrogens is 144 g/mol. The van der Waals surface area contributed by atoms with Crippen LogP contribution >= 0.6 is 0 Å². The van der Waals surface area contributed by atoms with Gasteiger partial charge in [-0.15, -0.1) is 0 Å². The standard InChI is InChI=1S/C7H12N2O2/c1-4-5-6(10)8-7(11-5)9(2)3/h5H,4H2,1-3H3. The second-order valence-corrected chi connectivity index (χ2v) is 2.64. The SMILES string of the molecule is CCC1OC(N(C)C)=NC1=O. The van der Waals surface area contributed by atoms with Gasteiger partial charge in [-0.3, -0.25) is 4.79 Å². The van der Waals surface area contributed by atoms with Crippen molar-refractivity contribution in [2.24, 2.45) is 4.99 Å². The fraction of sp³-hybridized carbons (Fsp3) is 0.714. The van der Waals surface area contributed by atoms with E-state index in [2.05, 4.69) is 4.99 Å².